The molecule has 0 bridgehead atoms. The molecular formula is C28H49O4-. The summed E-state index contributed by atoms with van der Waals surface area (Å²) in [5, 5.41) is 20.7. The van der Waals surface area contributed by atoms with Crippen molar-refractivity contribution >= 4 is 5.97 Å². The fourth-order valence-corrected chi connectivity index (χ4v) is 4.68. The van der Waals surface area contributed by atoms with E-state index in [0.717, 1.165) is 32.1 Å². The minimum absolute atomic E-state index is 0.0593. The van der Waals surface area contributed by atoms with Gasteiger partial charge in [0.1, 0.15) is 0 Å². The van der Waals surface area contributed by atoms with Gasteiger partial charge in [-0.1, -0.05) is 77.7 Å². The minimum Gasteiger partial charge on any atom is -0.550 e. The summed E-state index contributed by atoms with van der Waals surface area (Å²) in [5.41, 5.74) is 1.35. The van der Waals surface area contributed by atoms with Crippen LogP contribution in [-0.2, 0) is 9.53 Å². The maximum Gasteiger partial charge on any atom is 0.0809 e. The number of aliphatic carboxylic acids is 1. The molecule has 0 saturated heterocycles. The van der Waals surface area contributed by atoms with Gasteiger partial charge in [0.2, 0.25) is 0 Å². The van der Waals surface area contributed by atoms with Crippen LogP contribution in [0.25, 0.3) is 0 Å². The van der Waals surface area contributed by atoms with E-state index in [-0.39, 0.29) is 24.7 Å². The monoisotopic (exact) mass is 449 g/mol. The van der Waals surface area contributed by atoms with Gasteiger partial charge in [-0.25, -0.2) is 0 Å². The maximum atomic E-state index is 10.8. The first kappa shape index (κ1) is 28.9. The molecule has 0 amide bonds. The number of carbonyl (C=O) groups is 1. The van der Waals surface area contributed by atoms with E-state index in [4.69, 9.17) is 4.74 Å². The fourth-order valence-electron chi connectivity index (χ4n) is 4.68. The van der Waals surface area contributed by atoms with Gasteiger partial charge >= 0.3 is 0 Å². The number of hydrogen-bond acceptors (Lipinski definition) is 4. The fraction of sp³-hybridized carbons (Fsp3) is 0.821. The zero-order valence-electron chi connectivity index (χ0n) is 21.5. The van der Waals surface area contributed by atoms with Crippen molar-refractivity contribution in [1.82, 2.24) is 0 Å². The van der Waals surface area contributed by atoms with E-state index in [0.29, 0.717) is 30.1 Å². The second kappa shape index (κ2) is 15.7. The second-order valence-electron chi connectivity index (χ2n) is 10.4. The van der Waals surface area contributed by atoms with Gasteiger partial charge in [-0.05, 0) is 69.1 Å². The van der Waals surface area contributed by atoms with Crippen LogP contribution in [-0.4, -0.2) is 29.9 Å². The Hall–Kier alpha value is -1.13. The number of hydrogen-bond donors (Lipinski definition) is 1. The number of aliphatic hydroxyl groups is 1. The topological polar surface area (TPSA) is 69.6 Å². The van der Waals surface area contributed by atoms with Crippen LogP contribution in [0, 0.1) is 29.6 Å². The highest BCUT2D eigenvalue weighted by molar-refractivity contribution is 5.66. The van der Waals surface area contributed by atoms with E-state index in [9.17, 15) is 15.0 Å². The molecule has 0 radical (unpaired) electrons. The van der Waals surface area contributed by atoms with E-state index in [1.165, 1.54) is 24.8 Å². The van der Waals surface area contributed by atoms with Crippen molar-refractivity contribution in [3.05, 3.63) is 23.8 Å². The third-order valence-corrected chi connectivity index (χ3v) is 7.44. The molecule has 4 heteroatoms. The molecule has 1 aliphatic carbocycles. The van der Waals surface area contributed by atoms with Crippen LogP contribution in [0.5, 0.6) is 0 Å². The third-order valence-electron chi connectivity index (χ3n) is 7.44. The van der Waals surface area contributed by atoms with E-state index < -0.39 is 5.97 Å². The molecule has 0 aliphatic heterocycles. The lowest BCUT2D eigenvalue weighted by Crippen LogP contribution is -2.39. The van der Waals surface area contributed by atoms with Crippen LogP contribution >= 0.6 is 0 Å². The van der Waals surface area contributed by atoms with Crippen LogP contribution in [0.4, 0.5) is 0 Å². The summed E-state index contributed by atoms with van der Waals surface area (Å²) in [6.07, 6.45) is 16.1. The predicted molar refractivity (Wildman–Crippen MR) is 131 cm³/mol. The van der Waals surface area contributed by atoms with Gasteiger partial charge in [0.05, 0.1) is 18.8 Å². The Balaban J connectivity index is 2.28. The Labute approximate surface area is 197 Å². The molecule has 1 N–H and O–H groups in total. The molecule has 0 aromatic heterocycles. The molecular weight excluding hydrogens is 400 g/mol. The SMILES string of the molecule is CCC1C=CC(C)C(C)C1OC(CO)CCCC(C)CCC/C(C)=C/CCC(C)C(=O)[O-]. The summed E-state index contributed by atoms with van der Waals surface area (Å²) in [6.45, 7) is 13.0. The van der Waals surface area contributed by atoms with Gasteiger partial charge in [-0.3, -0.25) is 0 Å². The molecule has 0 aromatic carbocycles. The van der Waals surface area contributed by atoms with Crippen molar-refractivity contribution in [2.24, 2.45) is 29.6 Å². The first-order valence-corrected chi connectivity index (χ1v) is 13.0. The highest BCUT2D eigenvalue weighted by Crippen LogP contribution is 2.33. The Morgan fingerprint density at radius 1 is 1.12 bits per heavy atom. The average molecular weight is 450 g/mol. The predicted octanol–water partition coefficient (Wildman–Crippen LogP) is 5.69. The van der Waals surface area contributed by atoms with Crippen LogP contribution in [0.15, 0.2) is 23.8 Å². The summed E-state index contributed by atoms with van der Waals surface area (Å²) in [6, 6.07) is 0. The van der Waals surface area contributed by atoms with Crippen molar-refractivity contribution in [3.63, 3.8) is 0 Å². The van der Waals surface area contributed by atoms with Gasteiger partial charge < -0.3 is 19.7 Å². The number of carboxylic acid groups (broad SMARTS) is 1. The Kier molecular flexibility index (Phi) is 14.1. The van der Waals surface area contributed by atoms with Gasteiger partial charge in [0.25, 0.3) is 0 Å². The molecule has 4 nitrogen and oxygen atoms in total. The summed E-state index contributed by atoms with van der Waals surface area (Å²) in [5.74, 6) is 0.800. The number of carboxylic acids is 1. The Morgan fingerprint density at radius 3 is 2.44 bits per heavy atom. The van der Waals surface area contributed by atoms with E-state index in [1.807, 2.05) is 0 Å². The van der Waals surface area contributed by atoms with Gasteiger partial charge in [-0.15, -0.1) is 0 Å². The summed E-state index contributed by atoms with van der Waals surface area (Å²) >= 11 is 0. The largest absolute Gasteiger partial charge is 0.550 e. The molecule has 32 heavy (non-hydrogen) atoms. The second-order valence-corrected chi connectivity index (χ2v) is 10.4. The molecule has 186 valence electrons. The highest BCUT2D eigenvalue weighted by atomic mass is 16.5. The standard InChI is InChI=1S/C28H50O4/c1-7-25-18-17-22(4)24(6)27(25)32-26(19-29)16-10-14-21(3)12-8-11-20(2)13-9-15-23(5)28(30)31/h13,17-18,21-27,29H,7-12,14-16,19H2,1-6H3,(H,30,31)/p-1/b20-13+. The molecule has 0 heterocycles. The number of carbonyl (C=O) groups excluding carboxylic acids is 1. The lowest BCUT2D eigenvalue weighted by Gasteiger charge is -2.38. The van der Waals surface area contributed by atoms with Crippen LogP contribution in [0.3, 0.4) is 0 Å². The number of allylic oxidation sites excluding steroid dienone is 3. The zero-order chi connectivity index (χ0) is 24.1. The summed E-state index contributed by atoms with van der Waals surface area (Å²) < 4.78 is 6.44. The molecule has 7 unspecified atom stereocenters. The van der Waals surface area contributed by atoms with Crippen molar-refractivity contribution in [1.29, 1.82) is 0 Å². The Morgan fingerprint density at radius 2 is 1.81 bits per heavy atom. The lowest BCUT2D eigenvalue weighted by atomic mass is 9.77. The zero-order valence-corrected chi connectivity index (χ0v) is 21.5. The van der Waals surface area contributed by atoms with E-state index in [2.05, 4.69) is 52.8 Å². The quantitative estimate of drug-likeness (QED) is 0.307. The molecule has 0 spiro atoms. The normalized spacial score (nSPS) is 26.7. The first-order valence-electron chi connectivity index (χ1n) is 13.0. The molecule has 7 atom stereocenters. The summed E-state index contributed by atoms with van der Waals surface area (Å²) in [7, 11) is 0. The third kappa shape index (κ3) is 10.7. The molecule has 1 rings (SSSR count). The van der Waals surface area contributed by atoms with Crippen molar-refractivity contribution in [2.75, 3.05) is 6.61 Å². The van der Waals surface area contributed by atoms with Crippen molar-refractivity contribution < 1.29 is 19.7 Å². The minimum atomic E-state index is -0.955. The Bertz CT molecular complexity index is 582. The van der Waals surface area contributed by atoms with Crippen LogP contribution in [0.1, 0.15) is 99.3 Å². The molecule has 0 saturated carbocycles. The summed E-state index contributed by atoms with van der Waals surface area (Å²) in [4.78, 5) is 10.8. The number of aliphatic hydroxyl groups excluding tert-OH is 1. The number of ether oxygens (including phenoxy) is 1. The molecule has 1 aliphatic rings. The number of rotatable bonds is 16. The van der Waals surface area contributed by atoms with E-state index >= 15 is 0 Å². The molecule has 0 aromatic rings. The molecule has 0 fully saturated rings. The maximum absolute atomic E-state index is 10.8. The first-order chi connectivity index (χ1) is 15.2. The van der Waals surface area contributed by atoms with Crippen molar-refractivity contribution in [3.8, 4) is 0 Å². The van der Waals surface area contributed by atoms with Gasteiger partial charge in [-0.2, -0.15) is 0 Å². The highest BCUT2D eigenvalue weighted by Gasteiger charge is 2.33. The van der Waals surface area contributed by atoms with Crippen LogP contribution < -0.4 is 5.11 Å². The van der Waals surface area contributed by atoms with E-state index in [1.54, 1.807) is 6.92 Å². The van der Waals surface area contributed by atoms with Gasteiger partial charge in [0, 0.05) is 11.9 Å². The van der Waals surface area contributed by atoms with Gasteiger partial charge in [0.15, 0.2) is 0 Å². The van der Waals surface area contributed by atoms with Crippen LogP contribution in [0.2, 0.25) is 0 Å². The average Bonchev–Trinajstić information content (AvgIpc) is 2.75. The lowest BCUT2D eigenvalue weighted by molar-refractivity contribution is -0.311. The smallest absolute Gasteiger partial charge is 0.0809 e. The van der Waals surface area contributed by atoms with Crippen molar-refractivity contribution in [2.45, 2.75) is 112 Å².